The van der Waals surface area contributed by atoms with E-state index in [2.05, 4.69) is 0 Å². The third-order valence-electron chi connectivity index (χ3n) is 3.13. The van der Waals surface area contributed by atoms with Crippen LogP contribution in [-0.2, 0) is 6.54 Å². The van der Waals surface area contributed by atoms with Crippen LogP contribution in [0.1, 0.15) is 18.9 Å². The Morgan fingerprint density at radius 2 is 1.94 bits per heavy atom. The first-order chi connectivity index (χ1) is 7.83. The highest BCUT2D eigenvalue weighted by atomic mass is 16.1. The Hall–Kier alpha value is -1.55. The van der Waals surface area contributed by atoms with Crippen LogP contribution in [-0.4, -0.2) is 15.7 Å². The zero-order valence-corrected chi connectivity index (χ0v) is 9.10. The zero-order valence-electron chi connectivity index (χ0n) is 9.10. The molecule has 1 aromatic heterocycles. The van der Waals surface area contributed by atoms with Gasteiger partial charge in [-0.25, -0.2) is 4.79 Å². The van der Waals surface area contributed by atoms with Crippen molar-refractivity contribution in [3.63, 3.8) is 0 Å². The number of nitrogens with two attached hydrogens (primary N) is 1. The molecule has 0 amide bonds. The van der Waals surface area contributed by atoms with Gasteiger partial charge in [-0.2, -0.15) is 0 Å². The van der Waals surface area contributed by atoms with Gasteiger partial charge in [0.05, 0.1) is 11.0 Å². The lowest BCUT2D eigenvalue weighted by Gasteiger charge is -1.98. The van der Waals surface area contributed by atoms with Gasteiger partial charge in [0.25, 0.3) is 0 Å². The summed E-state index contributed by atoms with van der Waals surface area (Å²) >= 11 is 0. The highest BCUT2D eigenvalue weighted by Crippen LogP contribution is 2.35. The molecule has 0 radical (unpaired) electrons. The maximum Gasteiger partial charge on any atom is 0.329 e. The summed E-state index contributed by atoms with van der Waals surface area (Å²) in [5.74, 6) is 0. The molecule has 0 unspecified atom stereocenters. The van der Waals surface area contributed by atoms with Crippen LogP contribution in [0.25, 0.3) is 11.0 Å². The number of benzene rings is 1. The Labute approximate surface area is 93.3 Å². The Balaban J connectivity index is 2.32. The zero-order chi connectivity index (χ0) is 11.1. The minimum atomic E-state index is 0.0918. The predicted octanol–water partition coefficient (Wildman–Crippen LogP) is 1.10. The van der Waals surface area contributed by atoms with E-state index in [4.69, 9.17) is 5.73 Å². The van der Waals surface area contributed by atoms with Gasteiger partial charge in [-0.15, -0.1) is 0 Å². The van der Waals surface area contributed by atoms with Gasteiger partial charge in [0.2, 0.25) is 0 Å². The highest BCUT2D eigenvalue weighted by Gasteiger charge is 2.28. The van der Waals surface area contributed by atoms with Crippen molar-refractivity contribution in [3.05, 3.63) is 34.7 Å². The van der Waals surface area contributed by atoms with Crippen molar-refractivity contribution in [2.24, 2.45) is 5.73 Å². The quantitative estimate of drug-likeness (QED) is 0.837. The van der Waals surface area contributed by atoms with E-state index in [1.54, 1.807) is 4.57 Å². The number of fused-ring (bicyclic) bond motifs is 1. The summed E-state index contributed by atoms with van der Waals surface area (Å²) in [5.41, 5.74) is 7.69. The molecule has 0 aliphatic heterocycles. The molecule has 84 valence electrons. The van der Waals surface area contributed by atoms with Gasteiger partial charge in [0.1, 0.15) is 0 Å². The summed E-state index contributed by atoms with van der Waals surface area (Å²) in [6.45, 7) is 1.09. The van der Waals surface area contributed by atoms with Crippen molar-refractivity contribution in [2.45, 2.75) is 25.4 Å². The van der Waals surface area contributed by atoms with E-state index in [9.17, 15) is 4.79 Å². The summed E-state index contributed by atoms with van der Waals surface area (Å²) in [6, 6.07) is 8.36. The third-order valence-corrected chi connectivity index (χ3v) is 3.13. The van der Waals surface area contributed by atoms with Crippen molar-refractivity contribution in [3.8, 4) is 0 Å². The van der Waals surface area contributed by atoms with Crippen molar-refractivity contribution >= 4 is 11.0 Å². The van der Waals surface area contributed by atoms with E-state index in [1.807, 2.05) is 28.8 Å². The van der Waals surface area contributed by atoms with Crippen molar-refractivity contribution < 1.29 is 0 Å². The van der Waals surface area contributed by atoms with Gasteiger partial charge in [-0.1, -0.05) is 12.1 Å². The molecule has 0 spiro atoms. The standard InChI is InChI=1S/C12H15N3O/c13-7-8-14-10-3-1-2-4-11(10)15(12(14)16)9-5-6-9/h1-4,9H,5-8,13H2. The number of hydrogen-bond donors (Lipinski definition) is 1. The monoisotopic (exact) mass is 217 g/mol. The lowest BCUT2D eigenvalue weighted by molar-refractivity contribution is 0.640. The molecule has 1 aromatic carbocycles. The first kappa shape index (κ1) is 9.66. The highest BCUT2D eigenvalue weighted by molar-refractivity contribution is 5.76. The summed E-state index contributed by atoms with van der Waals surface area (Å²) in [4.78, 5) is 12.2. The molecular weight excluding hydrogens is 202 g/mol. The van der Waals surface area contributed by atoms with Crippen LogP contribution in [0.15, 0.2) is 29.1 Å². The van der Waals surface area contributed by atoms with Crippen LogP contribution in [0.4, 0.5) is 0 Å². The molecular formula is C12H15N3O. The molecule has 1 heterocycles. The van der Waals surface area contributed by atoms with Crippen molar-refractivity contribution in [1.82, 2.24) is 9.13 Å². The van der Waals surface area contributed by atoms with Gasteiger partial charge in [0.15, 0.2) is 0 Å². The molecule has 4 heteroatoms. The van der Waals surface area contributed by atoms with Crippen LogP contribution in [0.5, 0.6) is 0 Å². The third kappa shape index (κ3) is 1.30. The van der Waals surface area contributed by atoms with Crippen LogP contribution < -0.4 is 11.4 Å². The van der Waals surface area contributed by atoms with Crippen LogP contribution in [0.2, 0.25) is 0 Å². The maximum absolute atomic E-state index is 12.2. The molecule has 1 aliphatic carbocycles. The normalized spacial score (nSPS) is 15.8. The second-order valence-corrected chi connectivity index (χ2v) is 4.31. The Morgan fingerprint density at radius 1 is 1.25 bits per heavy atom. The summed E-state index contributed by atoms with van der Waals surface area (Å²) in [6.07, 6.45) is 2.24. The minimum absolute atomic E-state index is 0.0918. The van der Waals surface area contributed by atoms with E-state index in [-0.39, 0.29) is 5.69 Å². The van der Waals surface area contributed by atoms with E-state index in [1.165, 1.54) is 0 Å². The second-order valence-electron chi connectivity index (χ2n) is 4.31. The van der Waals surface area contributed by atoms with E-state index in [0.717, 1.165) is 23.9 Å². The lowest BCUT2D eigenvalue weighted by Crippen LogP contribution is -2.26. The van der Waals surface area contributed by atoms with Gasteiger partial charge in [-0.05, 0) is 25.0 Å². The largest absolute Gasteiger partial charge is 0.329 e. The number of hydrogen-bond acceptors (Lipinski definition) is 2. The molecule has 2 aromatic rings. The first-order valence-electron chi connectivity index (χ1n) is 5.73. The molecule has 1 aliphatic rings. The smallest absolute Gasteiger partial charge is 0.329 e. The van der Waals surface area contributed by atoms with Crippen LogP contribution >= 0.6 is 0 Å². The molecule has 0 bridgehead atoms. The van der Waals surface area contributed by atoms with Crippen LogP contribution in [0.3, 0.4) is 0 Å². The van der Waals surface area contributed by atoms with E-state index < -0.39 is 0 Å². The SMILES string of the molecule is NCCn1c(=O)n(C2CC2)c2ccccc21. The van der Waals surface area contributed by atoms with E-state index >= 15 is 0 Å². The number of aromatic nitrogens is 2. The molecule has 2 N–H and O–H groups in total. The molecule has 0 atom stereocenters. The fourth-order valence-corrected chi connectivity index (χ4v) is 2.26. The van der Waals surface area contributed by atoms with Gasteiger partial charge in [0, 0.05) is 19.1 Å². The number of rotatable bonds is 3. The van der Waals surface area contributed by atoms with E-state index in [0.29, 0.717) is 19.1 Å². The number of nitrogens with zero attached hydrogens (tertiary/aromatic N) is 2. The molecule has 0 saturated heterocycles. The lowest BCUT2D eigenvalue weighted by atomic mass is 10.3. The van der Waals surface area contributed by atoms with Gasteiger partial charge in [-0.3, -0.25) is 9.13 Å². The number of para-hydroxylation sites is 2. The average Bonchev–Trinajstić information content (AvgIpc) is 3.08. The first-order valence-corrected chi connectivity index (χ1v) is 5.73. The molecule has 4 nitrogen and oxygen atoms in total. The predicted molar refractivity (Wildman–Crippen MR) is 63.5 cm³/mol. The molecule has 16 heavy (non-hydrogen) atoms. The summed E-state index contributed by atoms with van der Waals surface area (Å²) in [5, 5.41) is 0. The Morgan fingerprint density at radius 3 is 2.56 bits per heavy atom. The molecule has 1 fully saturated rings. The minimum Gasteiger partial charge on any atom is -0.329 e. The fraction of sp³-hybridized carbons (Fsp3) is 0.417. The average molecular weight is 217 g/mol. The van der Waals surface area contributed by atoms with Crippen molar-refractivity contribution in [2.75, 3.05) is 6.54 Å². The Bertz CT molecular complexity index is 577. The maximum atomic E-state index is 12.2. The van der Waals surface area contributed by atoms with Crippen LogP contribution in [0, 0.1) is 0 Å². The second kappa shape index (κ2) is 3.49. The number of imidazole rings is 1. The summed E-state index contributed by atoms with van der Waals surface area (Å²) < 4.78 is 3.71. The summed E-state index contributed by atoms with van der Waals surface area (Å²) in [7, 11) is 0. The molecule has 1 saturated carbocycles. The van der Waals surface area contributed by atoms with Gasteiger partial charge >= 0.3 is 5.69 Å². The van der Waals surface area contributed by atoms with Gasteiger partial charge < -0.3 is 5.73 Å². The topological polar surface area (TPSA) is 52.9 Å². The Kier molecular flexibility index (Phi) is 2.11. The fourth-order valence-electron chi connectivity index (χ4n) is 2.26. The molecule has 3 rings (SSSR count). The van der Waals surface area contributed by atoms with Crippen molar-refractivity contribution in [1.29, 1.82) is 0 Å².